The topological polar surface area (TPSA) is 116 Å². The quantitative estimate of drug-likeness (QED) is 0.232. The van der Waals surface area contributed by atoms with Gasteiger partial charge in [0.25, 0.3) is 5.69 Å². The lowest BCUT2D eigenvalue weighted by molar-refractivity contribution is -0.607. The molecule has 0 aliphatic heterocycles. The molecule has 1 heterocycles. The Morgan fingerprint density at radius 3 is 2.54 bits per heavy atom. The Balaban J connectivity index is 1.69. The molecule has 0 fully saturated rings. The second kappa shape index (κ2) is 8.12. The van der Waals surface area contributed by atoms with Crippen LogP contribution in [0.4, 0.5) is 5.69 Å². The van der Waals surface area contributed by atoms with Crippen LogP contribution < -0.4 is 10.2 Å². The number of nitrogens with one attached hydrogen (secondary N) is 1. The summed E-state index contributed by atoms with van der Waals surface area (Å²) in [4.78, 5) is 22.5. The van der Waals surface area contributed by atoms with E-state index >= 15 is 0 Å². The van der Waals surface area contributed by atoms with Gasteiger partial charge in [-0.2, -0.15) is 5.10 Å². The number of carbonyl (C=O) groups excluding carboxylic acids is 1. The van der Waals surface area contributed by atoms with Gasteiger partial charge in [0.15, 0.2) is 5.69 Å². The number of nitrogens with zero attached hydrogens (tertiary/aromatic N) is 4. The van der Waals surface area contributed by atoms with Crippen LogP contribution in [0.25, 0.3) is 0 Å². The number of hydrogen-bond acceptors (Lipinski definition) is 5. The predicted molar refractivity (Wildman–Crippen MR) is 102 cm³/mol. The molecule has 0 unspecified atom stereocenters. The molecule has 3 rings (SSSR count). The Labute approximate surface area is 160 Å². The minimum Gasteiger partial charge on any atom is -0.710 e. The van der Waals surface area contributed by atoms with E-state index in [4.69, 9.17) is 0 Å². The van der Waals surface area contributed by atoms with Crippen molar-refractivity contribution >= 4 is 17.8 Å². The zero-order valence-electron chi connectivity index (χ0n) is 15.0. The molecule has 142 valence electrons. The molecule has 0 radical (unpaired) electrons. The summed E-state index contributed by atoms with van der Waals surface area (Å²) in [5.41, 5.74) is 4.31. The first-order valence-corrected chi connectivity index (χ1v) is 8.36. The second-order valence-electron chi connectivity index (χ2n) is 6.04. The molecule has 9 nitrogen and oxygen atoms in total. The summed E-state index contributed by atoms with van der Waals surface area (Å²) in [6, 6.07) is 15.3. The minimum absolute atomic E-state index is 0.0380. The van der Waals surface area contributed by atoms with E-state index in [9.17, 15) is 20.1 Å². The van der Waals surface area contributed by atoms with Gasteiger partial charge in [0.2, 0.25) is 12.0 Å². The van der Waals surface area contributed by atoms with Crippen molar-refractivity contribution in [2.24, 2.45) is 5.10 Å². The third kappa shape index (κ3) is 4.21. The van der Waals surface area contributed by atoms with Crippen molar-refractivity contribution in [3.63, 3.8) is 0 Å². The van der Waals surface area contributed by atoms with E-state index in [0.717, 1.165) is 5.56 Å². The lowest BCUT2D eigenvalue weighted by Crippen LogP contribution is -2.36. The molecule has 1 amide bonds. The van der Waals surface area contributed by atoms with E-state index in [-0.39, 0.29) is 11.4 Å². The molecule has 0 spiro atoms. The van der Waals surface area contributed by atoms with Crippen molar-refractivity contribution in [3.05, 3.63) is 98.8 Å². The van der Waals surface area contributed by atoms with Gasteiger partial charge in [-0.05, 0) is 23.3 Å². The van der Waals surface area contributed by atoms with Crippen LogP contribution in [0.5, 0.6) is 0 Å². The van der Waals surface area contributed by atoms with Crippen LogP contribution in [0.1, 0.15) is 27.3 Å². The number of aromatic nitrogens is 2. The average molecular weight is 379 g/mol. The van der Waals surface area contributed by atoms with Gasteiger partial charge in [-0.15, -0.1) is 0 Å². The van der Waals surface area contributed by atoms with Crippen molar-refractivity contribution in [2.75, 3.05) is 0 Å². The number of carbonyl (C=O) groups is 1. The van der Waals surface area contributed by atoms with Gasteiger partial charge in [-0.25, -0.2) is 14.7 Å². The fourth-order valence-electron chi connectivity index (χ4n) is 2.67. The summed E-state index contributed by atoms with van der Waals surface area (Å²) in [7, 11) is 0. The van der Waals surface area contributed by atoms with Crippen LogP contribution >= 0.6 is 0 Å². The monoisotopic (exact) mass is 379 g/mol. The summed E-state index contributed by atoms with van der Waals surface area (Å²) >= 11 is 0. The Hall–Kier alpha value is -4.01. The number of imidazole rings is 1. The van der Waals surface area contributed by atoms with E-state index in [1.54, 1.807) is 11.5 Å². The second-order valence-corrected chi connectivity index (χ2v) is 6.04. The first kappa shape index (κ1) is 18.8. The molecule has 0 atom stereocenters. The highest BCUT2D eigenvalue weighted by molar-refractivity contribution is 5.92. The summed E-state index contributed by atoms with van der Waals surface area (Å²) in [6.45, 7) is 2.15. The highest BCUT2D eigenvalue weighted by Gasteiger charge is 2.23. The van der Waals surface area contributed by atoms with E-state index < -0.39 is 10.8 Å². The molecule has 0 saturated heterocycles. The van der Waals surface area contributed by atoms with Gasteiger partial charge < -0.3 is 5.21 Å². The maximum absolute atomic E-state index is 12.3. The molecule has 0 aliphatic carbocycles. The first-order chi connectivity index (χ1) is 13.5. The highest BCUT2D eigenvalue weighted by atomic mass is 16.6. The number of amides is 1. The van der Waals surface area contributed by atoms with Gasteiger partial charge in [0.05, 0.1) is 11.1 Å². The predicted octanol–water partition coefficient (Wildman–Crippen LogP) is 2.15. The first-order valence-electron chi connectivity index (χ1n) is 8.36. The number of non-ortho nitro benzene ring substituents is 1. The van der Waals surface area contributed by atoms with Gasteiger partial charge >= 0.3 is 5.91 Å². The fourth-order valence-corrected chi connectivity index (χ4v) is 2.67. The third-order valence-electron chi connectivity index (χ3n) is 4.13. The number of nitro benzene ring substituents is 1. The Morgan fingerprint density at radius 1 is 1.21 bits per heavy atom. The van der Waals surface area contributed by atoms with Crippen molar-refractivity contribution in [1.29, 1.82) is 0 Å². The van der Waals surface area contributed by atoms with Crippen molar-refractivity contribution in [1.82, 2.24) is 9.99 Å². The van der Waals surface area contributed by atoms with E-state index in [2.05, 4.69) is 10.5 Å². The zero-order valence-corrected chi connectivity index (χ0v) is 15.0. The smallest absolute Gasteiger partial charge is 0.315 e. The van der Waals surface area contributed by atoms with Crippen LogP contribution in [-0.2, 0) is 6.54 Å². The lowest BCUT2D eigenvalue weighted by atomic mass is 10.2. The number of nitro groups is 1. The zero-order chi connectivity index (χ0) is 20.1. The van der Waals surface area contributed by atoms with Crippen LogP contribution in [-0.4, -0.2) is 21.6 Å². The molecule has 3 aromatic rings. The summed E-state index contributed by atoms with van der Waals surface area (Å²) in [5.74, 6) is -0.641. The van der Waals surface area contributed by atoms with Gasteiger partial charge in [0, 0.05) is 19.1 Å². The minimum atomic E-state index is -0.641. The maximum Gasteiger partial charge on any atom is 0.315 e. The normalized spacial score (nSPS) is 10.9. The highest BCUT2D eigenvalue weighted by Crippen LogP contribution is 2.11. The lowest BCUT2D eigenvalue weighted by Gasteiger charge is -2.02. The number of benzene rings is 2. The fraction of sp³-hybridized carbons (Fsp3) is 0.105. The molecule has 2 aromatic carbocycles. The summed E-state index contributed by atoms with van der Waals surface area (Å²) in [6.07, 6.45) is 2.66. The average Bonchev–Trinajstić information content (AvgIpc) is 2.96. The Kier molecular flexibility index (Phi) is 5.45. The Morgan fingerprint density at radius 2 is 1.89 bits per heavy atom. The number of rotatable bonds is 6. The van der Waals surface area contributed by atoms with E-state index in [1.807, 2.05) is 30.3 Å². The molecule has 0 saturated carbocycles. The van der Waals surface area contributed by atoms with Crippen LogP contribution in [0.2, 0.25) is 0 Å². The molecule has 1 N–H and O–H groups in total. The summed E-state index contributed by atoms with van der Waals surface area (Å²) < 4.78 is 2.20. The number of hydrogen-bond donors (Lipinski definition) is 1. The SMILES string of the molecule is Cc1c(C(=O)N/N=C\c2ccc([N+](=O)[O-])cc2)[n+]([O-])cn1Cc1ccccc1. The molecule has 28 heavy (non-hydrogen) atoms. The maximum atomic E-state index is 12.3. The Bertz CT molecular complexity index is 1030. The molecular weight excluding hydrogens is 362 g/mol. The molecule has 1 aromatic heterocycles. The van der Waals surface area contributed by atoms with Crippen molar-refractivity contribution in [3.8, 4) is 0 Å². The van der Waals surface area contributed by atoms with E-state index in [0.29, 0.717) is 22.5 Å². The molecule has 9 heteroatoms. The summed E-state index contributed by atoms with van der Waals surface area (Å²) in [5, 5.41) is 26.6. The largest absolute Gasteiger partial charge is 0.710 e. The molecule has 0 aliphatic rings. The molecular formula is C19H17N5O4. The van der Waals surface area contributed by atoms with Crippen molar-refractivity contribution in [2.45, 2.75) is 13.5 Å². The van der Waals surface area contributed by atoms with Crippen LogP contribution in [0.3, 0.4) is 0 Å². The van der Waals surface area contributed by atoms with Gasteiger partial charge in [-0.3, -0.25) is 14.9 Å². The van der Waals surface area contributed by atoms with Gasteiger partial charge in [-0.1, -0.05) is 30.3 Å². The standard InChI is InChI=1S/C19H17N5O4/c1-14-18(23(26)13-22(14)12-16-5-3-2-4-6-16)19(25)21-20-11-15-7-9-17(10-8-15)24(27)28/h2-11,13H,12H2,1H3,(H,21,25)/b20-11-. The third-order valence-corrected chi connectivity index (χ3v) is 4.13. The van der Waals surface area contributed by atoms with Crippen molar-refractivity contribution < 1.29 is 14.4 Å². The van der Waals surface area contributed by atoms with Gasteiger partial charge in [0.1, 0.15) is 6.54 Å². The number of hydrazone groups is 1. The van der Waals surface area contributed by atoms with Crippen LogP contribution in [0.15, 0.2) is 66.0 Å². The van der Waals surface area contributed by atoms with Crippen LogP contribution in [0, 0.1) is 22.2 Å². The van der Waals surface area contributed by atoms with E-state index in [1.165, 1.54) is 36.8 Å². The molecule has 0 bridgehead atoms.